The van der Waals surface area contributed by atoms with Crippen molar-refractivity contribution in [1.29, 1.82) is 0 Å². The maximum Gasteiger partial charge on any atom is 0.263 e. The number of sulfonamides is 1. The second-order valence-corrected chi connectivity index (χ2v) is 6.53. The van der Waals surface area contributed by atoms with Crippen molar-refractivity contribution in [3.05, 3.63) is 46.4 Å². The van der Waals surface area contributed by atoms with E-state index >= 15 is 0 Å². The van der Waals surface area contributed by atoms with Gasteiger partial charge >= 0.3 is 0 Å². The molecule has 0 heterocycles. The fraction of sp³-hybridized carbons (Fsp3) is 0.0769. The lowest BCUT2D eigenvalue weighted by Gasteiger charge is -2.11. The Labute approximate surface area is 132 Å². The van der Waals surface area contributed by atoms with Crippen molar-refractivity contribution >= 4 is 38.9 Å². The Morgan fingerprint density at radius 2 is 1.71 bits per heavy atom. The number of benzene rings is 2. The van der Waals surface area contributed by atoms with E-state index in [0.717, 1.165) is 0 Å². The van der Waals surface area contributed by atoms with E-state index < -0.39 is 10.0 Å². The van der Waals surface area contributed by atoms with Gasteiger partial charge < -0.3 is 9.84 Å². The number of halogens is 2. The topological polar surface area (TPSA) is 75.6 Å². The monoisotopic (exact) mass is 347 g/mol. The molecule has 0 spiro atoms. The minimum Gasteiger partial charge on any atom is -0.508 e. The van der Waals surface area contributed by atoms with Gasteiger partial charge in [-0.05, 0) is 30.3 Å². The average Bonchev–Trinajstić information content (AvgIpc) is 2.43. The third kappa shape index (κ3) is 3.53. The molecule has 0 aliphatic carbocycles. The second kappa shape index (κ2) is 6.01. The molecule has 0 aromatic heterocycles. The van der Waals surface area contributed by atoms with E-state index in [2.05, 4.69) is 4.72 Å². The van der Waals surface area contributed by atoms with Crippen molar-refractivity contribution in [2.24, 2.45) is 0 Å². The van der Waals surface area contributed by atoms with Gasteiger partial charge in [0.2, 0.25) is 0 Å². The molecule has 8 heteroatoms. The molecule has 5 nitrogen and oxygen atoms in total. The Balaban J connectivity index is 2.40. The van der Waals surface area contributed by atoms with Crippen LogP contribution >= 0.6 is 23.2 Å². The van der Waals surface area contributed by atoms with Crippen LogP contribution in [0.4, 0.5) is 5.69 Å². The van der Waals surface area contributed by atoms with E-state index in [1.54, 1.807) is 0 Å². The lowest BCUT2D eigenvalue weighted by molar-refractivity contribution is 0.414. The van der Waals surface area contributed by atoms with Crippen LogP contribution in [-0.2, 0) is 10.0 Å². The fourth-order valence-electron chi connectivity index (χ4n) is 1.61. The van der Waals surface area contributed by atoms with E-state index in [1.165, 1.54) is 43.5 Å². The predicted octanol–water partition coefficient (Wildman–Crippen LogP) is 3.51. The van der Waals surface area contributed by atoms with Gasteiger partial charge in [-0.1, -0.05) is 23.2 Å². The number of ether oxygens (including phenoxy) is 1. The zero-order valence-corrected chi connectivity index (χ0v) is 13.1. The van der Waals surface area contributed by atoms with Crippen LogP contribution in [0.15, 0.2) is 41.3 Å². The molecule has 0 atom stereocenters. The van der Waals surface area contributed by atoms with Gasteiger partial charge in [-0.25, -0.2) is 8.42 Å². The standard InChI is InChI=1S/C13H11Cl2NO4S/c1-20-12-6-11(15)13(7-10(12)14)21(18,19)16-8-2-4-9(17)5-3-8/h2-7,16-17H,1H3. The van der Waals surface area contributed by atoms with Crippen molar-refractivity contribution in [1.82, 2.24) is 0 Å². The number of hydrogen-bond acceptors (Lipinski definition) is 4. The molecule has 2 N–H and O–H groups in total. The van der Waals surface area contributed by atoms with Crippen LogP contribution in [0, 0.1) is 0 Å². The number of aromatic hydroxyl groups is 1. The van der Waals surface area contributed by atoms with Crippen molar-refractivity contribution in [3.63, 3.8) is 0 Å². The Bertz CT molecular complexity index is 760. The maximum absolute atomic E-state index is 12.3. The highest BCUT2D eigenvalue weighted by atomic mass is 35.5. The summed E-state index contributed by atoms with van der Waals surface area (Å²) >= 11 is 11.9. The smallest absolute Gasteiger partial charge is 0.263 e. The lowest BCUT2D eigenvalue weighted by Crippen LogP contribution is -2.13. The van der Waals surface area contributed by atoms with Gasteiger partial charge in [-0.2, -0.15) is 0 Å². The highest BCUT2D eigenvalue weighted by molar-refractivity contribution is 7.92. The van der Waals surface area contributed by atoms with Crippen LogP contribution in [-0.4, -0.2) is 20.6 Å². The van der Waals surface area contributed by atoms with Gasteiger partial charge in [-0.3, -0.25) is 4.72 Å². The van der Waals surface area contributed by atoms with Crippen LogP contribution < -0.4 is 9.46 Å². The molecule has 0 amide bonds. The molecule has 0 fully saturated rings. The Hall–Kier alpha value is -1.63. The summed E-state index contributed by atoms with van der Waals surface area (Å²) in [6.45, 7) is 0. The van der Waals surface area contributed by atoms with E-state index in [4.69, 9.17) is 27.9 Å². The first kappa shape index (κ1) is 15.8. The number of phenols is 1. The van der Waals surface area contributed by atoms with Gasteiger partial charge in [0.25, 0.3) is 10.0 Å². The fourth-order valence-corrected chi connectivity index (χ4v) is 3.52. The largest absolute Gasteiger partial charge is 0.508 e. The van der Waals surface area contributed by atoms with Gasteiger partial charge in [0.1, 0.15) is 16.4 Å². The number of phenolic OH excluding ortho intramolecular Hbond substituents is 1. The van der Waals surface area contributed by atoms with Gasteiger partial charge in [-0.15, -0.1) is 0 Å². The SMILES string of the molecule is COc1cc(Cl)c(S(=O)(=O)Nc2ccc(O)cc2)cc1Cl. The summed E-state index contributed by atoms with van der Waals surface area (Å²) in [7, 11) is -2.50. The summed E-state index contributed by atoms with van der Waals surface area (Å²) in [6.07, 6.45) is 0. The first-order valence-electron chi connectivity index (χ1n) is 5.68. The van der Waals surface area contributed by atoms with E-state index in [1.807, 2.05) is 0 Å². The Morgan fingerprint density at radius 1 is 1.10 bits per heavy atom. The molecule has 112 valence electrons. The molecule has 0 aliphatic rings. The number of nitrogens with one attached hydrogen (secondary N) is 1. The number of hydrogen-bond donors (Lipinski definition) is 2. The number of methoxy groups -OCH3 is 1. The Morgan fingerprint density at radius 3 is 2.29 bits per heavy atom. The molecule has 0 bridgehead atoms. The van der Waals surface area contributed by atoms with E-state index in [9.17, 15) is 13.5 Å². The summed E-state index contributed by atoms with van der Waals surface area (Å²) in [5.74, 6) is 0.314. The molecule has 2 aromatic rings. The maximum atomic E-state index is 12.3. The van der Waals surface area contributed by atoms with Crippen molar-refractivity contribution in [2.45, 2.75) is 4.90 Å². The quantitative estimate of drug-likeness (QED) is 0.829. The summed E-state index contributed by atoms with van der Waals surface area (Å²) in [6, 6.07) is 8.11. The van der Waals surface area contributed by atoms with Crippen LogP contribution in [0.5, 0.6) is 11.5 Å². The third-order valence-electron chi connectivity index (χ3n) is 2.62. The Kier molecular flexibility index (Phi) is 4.51. The molecule has 0 saturated heterocycles. The number of anilines is 1. The van der Waals surface area contributed by atoms with Gasteiger partial charge in [0, 0.05) is 11.8 Å². The van der Waals surface area contributed by atoms with Crippen molar-refractivity contribution < 1.29 is 18.3 Å². The van der Waals surface area contributed by atoms with Gasteiger partial charge in [0.05, 0.1) is 17.2 Å². The van der Waals surface area contributed by atoms with E-state index in [-0.39, 0.29) is 32.1 Å². The van der Waals surface area contributed by atoms with Gasteiger partial charge in [0.15, 0.2) is 0 Å². The zero-order valence-electron chi connectivity index (χ0n) is 10.8. The molecule has 2 rings (SSSR count). The highest BCUT2D eigenvalue weighted by Crippen LogP contribution is 2.34. The summed E-state index contributed by atoms with van der Waals surface area (Å²) in [4.78, 5) is -0.164. The van der Waals surface area contributed by atoms with Crippen LogP contribution in [0.25, 0.3) is 0 Å². The minimum atomic E-state index is -3.91. The van der Waals surface area contributed by atoms with Crippen LogP contribution in [0.2, 0.25) is 10.0 Å². The van der Waals surface area contributed by atoms with Crippen LogP contribution in [0.1, 0.15) is 0 Å². The first-order chi connectivity index (χ1) is 9.83. The average molecular weight is 348 g/mol. The highest BCUT2D eigenvalue weighted by Gasteiger charge is 2.20. The van der Waals surface area contributed by atoms with Crippen LogP contribution in [0.3, 0.4) is 0 Å². The molecule has 0 unspecified atom stereocenters. The molecule has 0 aliphatic heterocycles. The first-order valence-corrected chi connectivity index (χ1v) is 7.92. The molecule has 0 saturated carbocycles. The predicted molar refractivity (Wildman–Crippen MR) is 81.9 cm³/mol. The summed E-state index contributed by atoms with van der Waals surface area (Å²) < 4.78 is 31.9. The van der Waals surface area contributed by atoms with Crippen molar-refractivity contribution in [3.8, 4) is 11.5 Å². The number of rotatable bonds is 4. The zero-order chi connectivity index (χ0) is 15.6. The summed E-state index contributed by atoms with van der Waals surface area (Å²) in [5.41, 5.74) is 0.288. The van der Waals surface area contributed by atoms with Crippen molar-refractivity contribution in [2.75, 3.05) is 11.8 Å². The molecular weight excluding hydrogens is 337 g/mol. The second-order valence-electron chi connectivity index (χ2n) is 4.07. The van der Waals surface area contributed by atoms with E-state index in [0.29, 0.717) is 0 Å². The molecule has 2 aromatic carbocycles. The normalized spacial score (nSPS) is 11.2. The summed E-state index contributed by atoms with van der Waals surface area (Å²) in [5, 5.41) is 9.30. The minimum absolute atomic E-state index is 0.0115. The lowest BCUT2D eigenvalue weighted by atomic mass is 10.3. The third-order valence-corrected chi connectivity index (χ3v) is 4.76. The molecule has 21 heavy (non-hydrogen) atoms. The molecule has 0 radical (unpaired) electrons. The molecular formula is C13H11Cl2NO4S.